The van der Waals surface area contributed by atoms with Crippen molar-refractivity contribution in [3.05, 3.63) is 59.7 Å². The van der Waals surface area contributed by atoms with Gasteiger partial charge in [-0.05, 0) is 47.4 Å². The Labute approximate surface area is 199 Å². The average molecular weight is 465 g/mol. The summed E-state index contributed by atoms with van der Waals surface area (Å²) in [5.74, 6) is -1.18. The number of carboxylic acid groups (broad SMARTS) is 1. The summed E-state index contributed by atoms with van der Waals surface area (Å²) in [5, 5.41) is 15.1. The summed E-state index contributed by atoms with van der Waals surface area (Å²) in [6.45, 7) is 4.38. The summed E-state index contributed by atoms with van der Waals surface area (Å²) >= 11 is 0. The van der Waals surface area contributed by atoms with E-state index in [9.17, 15) is 19.5 Å². The SMILES string of the molecule is CCC(CC)(CNC(=O)[C@@H]1C[C@@H]1CNC(=O)OCC1c2ccccc2-c2ccccc21)C(=O)O. The van der Waals surface area contributed by atoms with Crippen molar-refractivity contribution in [2.24, 2.45) is 17.3 Å². The summed E-state index contributed by atoms with van der Waals surface area (Å²) in [6, 6.07) is 16.4. The van der Waals surface area contributed by atoms with Gasteiger partial charge in [0.15, 0.2) is 0 Å². The molecule has 7 nitrogen and oxygen atoms in total. The first-order chi connectivity index (χ1) is 16.4. The number of nitrogens with one attached hydrogen (secondary N) is 2. The van der Waals surface area contributed by atoms with Crippen molar-refractivity contribution in [1.82, 2.24) is 10.6 Å². The molecular weight excluding hydrogens is 432 g/mol. The lowest BCUT2D eigenvalue weighted by Gasteiger charge is -2.26. The molecule has 0 unspecified atom stereocenters. The monoisotopic (exact) mass is 464 g/mol. The normalized spacial score (nSPS) is 18.5. The third kappa shape index (κ3) is 4.65. The van der Waals surface area contributed by atoms with E-state index in [0.717, 1.165) is 11.1 Å². The average Bonchev–Trinajstić information content (AvgIpc) is 3.57. The first kappa shape index (κ1) is 23.8. The highest BCUT2D eigenvalue weighted by Gasteiger charge is 2.44. The van der Waals surface area contributed by atoms with E-state index in [1.807, 2.05) is 38.1 Å². The molecule has 34 heavy (non-hydrogen) atoms. The molecule has 180 valence electrons. The lowest BCUT2D eigenvalue weighted by molar-refractivity contribution is -0.149. The van der Waals surface area contributed by atoms with Crippen LogP contribution in [0.25, 0.3) is 11.1 Å². The number of alkyl carbamates (subject to hydrolysis) is 1. The minimum Gasteiger partial charge on any atom is -0.481 e. The Hall–Kier alpha value is -3.35. The van der Waals surface area contributed by atoms with Crippen LogP contribution in [0.4, 0.5) is 4.79 Å². The van der Waals surface area contributed by atoms with E-state index in [2.05, 4.69) is 34.9 Å². The van der Waals surface area contributed by atoms with E-state index >= 15 is 0 Å². The number of carbonyl (C=O) groups is 3. The lowest BCUT2D eigenvalue weighted by atomic mass is 9.82. The summed E-state index contributed by atoms with van der Waals surface area (Å²) < 4.78 is 5.55. The fraction of sp³-hybridized carbons (Fsp3) is 0.444. The smallest absolute Gasteiger partial charge is 0.407 e. The molecule has 1 fully saturated rings. The molecule has 0 saturated heterocycles. The van der Waals surface area contributed by atoms with Crippen LogP contribution in [-0.2, 0) is 14.3 Å². The predicted octanol–water partition coefficient (Wildman–Crippen LogP) is 4.17. The largest absolute Gasteiger partial charge is 0.481 e. The van der Waals surface area contributed by atoms with Crippen LogP contribution in [0.1, 0.15) is 50.2 Å². The van der Waals surface area contributed by atoms with Crippen molar-refractivity contribution in [2.75, 3.05) is 19.7 Å². The molecule has 0 bridgehead atoms. The molecule has 2 aliphatic carbocycles. The van der Waals surface area contributed by atoms with Crippen LogP contribution >= 0.6 is 0 Å². The molecule has 1 saturated carbocycles. The van der Waals surface area contributed by atoms with Crippen LogP contribution in [0.15, 0.2) is 48.5 Å². The Morgan fingerprint density at radius 1 is 0.971 bits per heavy atom. The van der Waals surface area contributed by atoms with Gasteiger partial charge in [-0.1, -0.05) is 62.4 Å². The summed E-state index contributed by atoms with van der Waals surface area (Å²) in [6.07, 6.45) is 1.09. The van der Waals surface area contributed by atoms with E-state index in [1.165, 1.54) is 11.1 Å². The van der Waals surface area contributed by atoms with Gasteiger partial charge in [-0.25, -0.2) is 4.79 Å². The van der Waals surface area contributed by atoms with Crippen LogP contribution in [0, 0.1) is 17.3 Å². The summed E-state index contributed by atoms with van der Waals surface area (Å²) in [4.78, 5) is 36.4. The van der Waals surface area contributed by atoms with Gasteiger partial charge in [-0.3, -0.25) is 9.59 Å². The second kappa shape index (κ2) is 9.87. The molecule has 0 heterocycles. The maximum atomic E-state index is 12.4. The second-order valence-electron chi connectivity index (χ2n) is 9.32. The molecule has 4 rings (SSSR count). The van der Waals surface area contributed by atoms with Crippen molar-refractivity contribution >= 4 is 18.0 Å². The quantitative estimate of drug-likeness (QED) is 0.490. The van der Waals surface area contributed by atoms with Gasteiger partial charge in [0.25, 0.3) is 0 Å². The highest BCUT2D eigenvalue weighted by molar-refractivity contribution is 5.83. The molecule has 2 aliphatic rings. The zero-order chi connectivity index (χ0) is 24.3. The maximum absolute atomic E-state index is 12.4. The first-order valence-corrected chi connectivity index (χ1v) is 12.0. The van der Waals surface area contributed by atoms with Gasteiger partial charge >= 0.3 is 12.1 Å². The van der Waals surface area contributed by atoms with Gasteiger partial charge in [0, 0.05) is 24.9 Å². The number of fused-ring (bicyclic) bond motifs is 3. The molecule has 0 radical (unpaired) electrons. The van der Waals surface area contributed by atoms with Gasteiger partial charge in [0.1, 0.15) is 6.61 Å². The Kier molecular flexibility index (Phi) is 6.91. The Bertz CT molecular complexity index is 1030. The van der Waals surface area contributed by atoms with Crippen LogP contribution in [-0.4, -0.2) is 42.8 Å². The number of ether oxygens (including phenoxy) is 1. The van der Waals surface area contributed by atoms with Crippen molar-refractivity contribution in [3.63, 3.8) is 0 Å². The number of hydrogen-bond donors (Lipinski definition) is 3. The number of rotatable bonds is 10. The number of amides is 2. The lowest BCUT2D eigenvalue weighted by Crippen LogP contribution is -2.43. The van der Waals surface area contributed by atoms with Crippen LogP contribution in [0.2, 0.25) is 0 Å². The van der Waals surface area contributed by atoms with Gasteiger partial charge in [-0.15, -0.1) is 0 Å². The van der Waals surface area contributed by atoms with E-state index in [1.54, 1.807) is 0 Å². The van der Waals surface area contributed by atoms with Crippen molar-refractivity contribution in [3.8, 4) is 11.1 Å². The van der Waals surface area contributed by atoms with Crippen molar-refractivity contribution < 1.29 is 24.2 Å². The highest BCUT2D eigenvalue weighted by atomic mass is 16.5. The Balaban J connectivity index is 1.23. The molecule has 0 aromatic heterocycles. The number of carbonyl (C=O) groups excluding carboxylic acids is 2. The summed E-state index contributed by atoms with van der Waals surface area (Å²) in [7, 11) is 0. The van der Waals surface area contributed by atoms with Crippen LogP contribution < -0.4 is 10.6 Å². The molecular formula is C27H32N2O5. The molecule has 7 heteroatoms. The van der Waals surface area contributed by atoms with Gasteiger partial charge in [0.2, 0.25) is 5.91 Å². The van der Waals surface area contributed by atoms with Gasteiger partial charge < -0.3 is 20.5 Å². The number of hydrogen-bond acceptors (Lipinski definition) is 4. The predicted molar refractivity (Wildman–Crippen MR) is 128 cm³/mol. The van der Waals surface area contributed by atoms with Gasteiger partial charge in [-0.2, -0.15) is 0 Å². The second-order valence-corrected chi connectivity index (χ2v) is 9.32. The maximum Gasteiger partial charge on any atom is 0.407 e. The molecule has 3 N–H and O–H groups in total. The highest BCUT2D eigenvalue weighted by Crippen LogP contribution is 2.44. The standard InChI is InChI=1S/C27H32N2O5/c1-3-27(4-2,25(31)32)16-29-24(30)22-13-17(22)14-28-26(33)34-15-23-20-11-7-5-9-18(20)19-10-6-8-12-21(19)23/h5-12,17,22-23H,3-4,13-16H2,1-2H3,(H,28,33)(H,29,30)(H,31,32)/t17-,22-/m1/s1. The van der Waals surface area contributed by atoms with Gasteiger partial charge in [0.05, 0.1) is 5.41 Å². The third-order valence-electron chi connectivity index (χ3n) is 7.52. The zero-order valence-electron chi connectivity index (χ0n) is 19.7. The minimum atomic E-state index is -0.931. The topological polar surface area (TPSA) is 105 Å². The molecule has 2 amide bonds. The molecule has 2 aromatic carbocycles. The van der Waals surface area contributed by atoms with Crippen LogP contribution in [0.3, 0.4) is 0 Å². The Morgan fingerprint density at radius 3 is 2.12 bits per heavy atom. The minimum absolute atomic E-state index is 0.00392. The summed E-state index contributed by atoms with van der Waals surface area (Å²) in [5.41, 5.74) is 3.74. The number of carboxylic acids is 1. The van der Waals surface area contributed by atoms with E-state index < -0.39 is 17.5 Å². The van der Waals surface area contributed by atoms with Crippen molar-refractivity contribution in [2.45, 2.75) is 39.0 Å². The van der Waals surface area contributed by atoms with Crippen molar-refractivity contribution in [1.29, 1.82) is 0 Å². The molecule has 2 aromatic rings. The number of aliphatic carboxylic acids is 1. The fourth-order valence-electron chi connectivity index (χ4n) is 4.92. The molecule has 0 spiro atoms. The number of benzene rings is 2. The third-order valence-corrected chi connectivity index (χ3v) is 7.52. The van der Waals surface area contributed by atoms with E-state index in [0.29, 0.717) is 25.8 Å². The molecule has 2 atom stereocenters. The molecule has 0 aliphatic heterocycles. The zero-order valence-corrected chi connectivity index (χ0v) is 19.7. The van der Waals surface area contributed by atoms with E-state index in [-0.39, 0.29) is 36.8 Å². The fourth-order valence-corrected chi connectivity index (χ4v) is 4.92. The Morgan fingerprint density at radius 2 is 1.56 bits per heavy atom. The first-order valence-electron chi connectivity index (χ1n) is 12.0. The van der Waals surface area contributed by atoms with E-state index in [4.69, 9.17) is 4.74 Å². The van der Waals surface area contributed by atoms with Crippen LogP contribution in [0.5, 0.6) is 0 Å².